The predicted octanol–water partition coefficient (Wildman–Crippen LogP) is 2.45. The first kappa shape index (κ1) is 29.6. The fraction of sp³-hybridized carbons (Fsp3) is 0.308. The van der Waals surface area contributed by atoms with Gasteiger partial charge in [-0.3, -0.25) is 15.0 Å². The molecule has 0 aliphatic heterocycles. The van der Waals surface area contributed by atoms with E-state index in [-0.39, 0.29) is 24.1 Å². The average molecular weight is 561 g/mol. The summed E-state index contributed by atoms with van der Waals surface area (Å²) < 4.78 is 15.1. The lowest BCUT2D eigenvalue weighted by atomic mass is 10.0. The molecular weight excluding hydrogens is 532 g/mol. The summed E-state index contributed by atoms with van der Waals surface area (Å²) in [6.07, 6.45) is -1.77. The van der Waals surface area contributed by atoms with Crippen LogP contribution in [0.4, 0.5) is 0 Å². The molecule has 3 aromatic rings. The summed E-state index contributed by atoms with van der Waals surface area (Å²) in [6, 6.07) is 15.0. The van der Waals surface area contributed by atoms with Gasteiger partial charge in [0.2, 0.25) is 12.6 Å². The monoisotopic (exact) mass is 560 g/mol. The van der Waals surface area contributed by atoms with Crippen molar-refractivity contribution < 1.29 is 38.6 Å². The number of carboxylic acid groups (broad SMARTS) is 1. The van der Waals surface area contributed by atoms with E-state index in [1.165, 1.54) is 5.01 Å². The number of esters is 1. The van der Waals surface area contributed by atoms with E-state index < -0.39 is 43.3 Å². The number of hydrogen-bond donors (Lipinski definition) is 4. The van der Waals surface area contributed by atoms with Crippen LogP contribution in [0.5, 0.6) is 5.88 Å². The number of rotatable bonds is 13. The number of carboxylic acids is 1. The number of hydrogen-bond acceptors (Lipinski definition) is 10. The van der Waals surface area contributed by atoms with Crippen molar-refractivity contribution in [3.05, 3.63) is 70.9 Å². The number of aliphatic hydroxyl groups is 1. The van der Waals surface area contributed by atoms with Gasteiger partial charge in [-0.05, 0) is 39.9 Å². The quantitative estimate of drug-likeness (QED) is 0.137. The average Bonchev–Trinajstić information content (AvgIpc) is 3.37. The molecule has 1 amide bonds. The van der Waals surface area contributed by atoms with Crippen LogP contribution in [0.3, 0.4) is 0 Å². The summed E-state index contributed by atoms with van der Waals surface area (Å²) in [5.41, 5.74) is 10.7. The van der Waals surface area contributed by atoms with Gasteiger partial charge >= 0.3 is 17.8 Å². The highest BCUT2D eigenvalue weighted by atomic mass is 35.5. The van der Waals surface area contributed by atoms with Crippen LogP contribution in [0.2, 0.25) is 5.02 Å². The van der Waals surface area contributed by atoms with Gasteiger partial charge in [-0.1, -0.05) is 61.8 Å². The number of nitrogens with two attached hydrogens (primary N) is 1. The van der Waals surface area contributed by atoms with Crippen molar-refractivity contribution in [1.29, 1.82) is 0 Å². The fourth-order valence-electron chi connectivity index (χ4n) is 3.28. The lowest BCUT2D eigenvalue weighted by Gasteiger charge is -2.24. The zero-order valence-electron chi connectivity index (χ0n) is 21.2. The fourth-order valence-corrected chi connectivity index (χ4v) is 3.47. The number of carbonyl (C=O) groups is 3. The van der Waals surface area contributed by atoms with E-state index in [9.17, 15) is 19.5 Å². The number of halogens is 1. The van der Waals surface area contributed by atoms with Crippen LogP contribution >= 0.6 is 11.6 Å². The normalized spacial score (nSPS) is 12.7. The second-order valence-corrected chi connectivity index (χ2v) is 9.34. The van der Waals surface area contributed by atoms with Gasteiger partial charge in [0.1, 0.15) is 6.04 Å². The summed E-state index contributed by atoms with van der Waals surface area (Å²) >= 11 is 6.07. The van der Waals surface area contributed by atoms with E-state index in [0.717, 1.165) is 22.8 Å². The first-order valence-electron chi connectivity index (χ1n) is 11.9. The van der Waals surface area contributed by atoms with Crippen molar-refractivity contribution in [2.75, 3.05) is 13.3 Å². The lowest BCUT2D eigenvalue weighted by molar-refractivity contribution is -0.153. The maximum Gasteiger partial charge on any atom is 0.333 e. The highest BCUT2D eigenvalue weighted by molar-refractivity contribution is 6.30. The molecule has 208 valence electrons. The lowest BCUT2D eigenvalue weighted by Crippen LogP contribution is -2.47. The van der Waals surface area contributed by atoms with Crippen LogP contribution < -0.4 is 15.9 Å². The maximum absolute atomic E-state index is 12.7. The number of nitrogens with zero attached hydrogens (tertiary/aromatic N) is 2. The van der Waals surface area contributed by atoms with E-state index in [4.69, 9.17) is 36.4 Å². The van der Waals surface area contributed by atoms with Crippen LogP contribution in [0.25, 0.3) is 11.1 Å². The third-order valence-corrected chi connectivity index (χ3v) is 5.77. The zero-order chi connectivity index (χ0) is 28.5. The number of ether oxygens (including phenoxy) is 2. The number of amides is 1. The maximum atomic E-state index is 12.7. The van der Waals surface area contributed by atoms with Gasteiger partial charge in [0.05, 0.1) is 12.6 Å². The molecule has 5 N–H and O–H groups in total. The molecule has 2 aromatic carbocycles. The van der Waals surface area contributed by atoms with Gasteiger partial charge in [-0.15, -0.1) is 0 Å². The Hall–Kier alpha value is -3.97. The Morgan fingerprint density at radius 2 is 1.85 bits per heavy atom. The highest BCUT2D eigenvalue weighted by Crippen LogP contribution is 2.23. The molecule has 13 heteroatoms. The molecule has 2 unspecified atom stereocenters. The van der Waals surface area contributed by atoms with Crippen LogP contribution in [0.15, 0.2) is 59.1 Å². The number of aromatic nitrogens is 1. The Labute approximate surface area is 229 Å². The topological polar surface area (TPSA) is 177 Å². The van der Waals surface area contributed by atoms with Crippen LogP contribution in [-0.4, -0.2) is 63.7 Å². The number of aliphatic hydroxyl groups excluding tert-OH is 1. The molecule has 1 aromatic heterocycles. The second kappa shape index (κ2) is 13.7. The minimum absolute atomic E-state index is 0.0649. The van der Waals surface area contributed by atoms with E-state index in [1.54, 1.807) is 32.0 Å². The van der Waals surface area contributed by atoms with Crippen LogP contribution in [0, 0.1) is 5.92 Å². The van der Waals surface area contributed by atoms with Gasteiger partial charge in [0, 0.05) is 11.6 Å². The molecule has 0 fully saturated rings. The third-order valence-electron chi connectivity index (χ3n) is 5.53. The largest absolute Gasteiger partial charge is 0.479 e. The first-order valence-corrected chi connectivity index (χ1v) is 12.2. The summed E-state index contributed by atoms with van der Waals surface area (Å²) in [5.74, 6) is -3.39. The van der Waals surface area contributed by atoms with Crippen molar-refractivity contribution in [2.45, 2.75) is 32.5 Å². The Balaban J connectivity index is 1.63. The van der Waals surface area contributed by atoms with E-state index in [1.807, 2.05) is 30.3 Å². The standard InChI is InChI=1S/C26H29ClN4O8/c1-15(2)23(28)26(36)38-14-37-22-11-21(39-30-22)24(33)29-31(13-20(32)25(34)35)12-16-6-8-17(9-7-16)18-4-3-5-19(27)10-18/h3-11,15,20,23,32H,12-14,28H2,1-2H3,(H,29,33)(H,34,35). The molecule has 39 heavy (non-hydrogen) atoms. The third kappa shape index (κ3) is 8.79. The summed E-state index contributed by atoms with van der Waals surface area (Å²) in [4.78, 5) is 35.7. The molecule has 0 aliphatic carbocycles. The summed E-state index contributed by atoms with van der Waals surface area (Å²) in [7, 11) is 0. The number of carbonyl (C=O) groups excluding carboxylic acids is 2. The smallest absolute Gasteiger partial charge is 0.333 e. The molecule has 1 heterocycles. The first-order chi connectivity index (χ1) is 18.5. The molecule has 0 aliphatic rings. The molecule has 3 rings (SSSR count). The van der Waals surface area contributed by atoms with Gasteiger partial charge in [-0.2, -0.15) is 0 Å². The van der Waals surface area contributed by atoms with Gasteiger partial charge < -0.3 is 29.9 Å². The SMILES string of the molecule is CC(C)C(N)C(=O)OCOc1cc(C(=O)NN(Cc2ccc(-c3cccc(Cl)c3)cc2)CC(O)C(=O)O)on1. The van der Waals surface area contributed by atoms with Crippen molar-refractivity contribution in [1.82, 2.24) is 15.6 Å². The molecule has 0 saturated carbocycles. The Kier molecular flexibility index (Phi) is 10.4. The van der Waals surface area contributed by atoms with Gasteiger partial charge in [0.15, 0.2) is 6.10 Å². The van der Waals surface area contributed by atoms with Gasteiger partial charge in [-0.25, -0.2) is 9.80 Å². The van der Waals surface area contributed by atoms with Crippen LogP contribution in [0.1, 0.15) is 30.0 Å². The Morgan fingerprint density at radius 3 is 2.49 bits per heavy atom. The van der Waals surface area contributed by atoms with Crippen molar-refractivity contribution in [2.24, 2.45) is 11.7 Å². The minimum Gasteiger partial charge on any atom is -0.479 e. The van der Waals surface area contributed by atoms with Crippen molar-refractivity contribution >= 4 is 29.4 Å². The molecule has 2 atom stereocenters. The van der Waals surface area contributed by atoms with E-state index in [2.05, 4.69) is 10.6 Å². The number of aliphatic carboxylic acids is 1. The minimum atomic E-state index is -1.77. The number of nitrogens with one attached hydrogen (secondary N) is 1. The summed E-state index contributed by atoms with van der Waals surface area (Å²) in [6.45, 7) is 2.69. The summed E-state index contributed by atoms with van der Waals surface area (Å²) in [5, 5.41) is 24.4. The van der Waals surface area contributed by atoms with Gasteiger partial charge in [0.25, 0.3) is 5.88 Å². The molecule has 0 spiro atoms. The van der Waals surface area contributed by atoms with Crippen molar-refractivity contribution in [3.63, 3.8) is 0 Å². The number of hydrazine groups is 1. The number of benzene rings is 2. The zero-order valence-corrected chi connectivity index (χ0v) is 22.0. The Bertz CT molecular complexity index is 1280. The highest BCUT2D eigenvalue weighted by Gasteiger charge is 2.23. The van der Waals surface area contributed by atoms with Crippen molar-refractivity contribution in [3.8, 4) is 17.0 Å². The van der Waals surface area contributed by atoms with Crippen LogP contribution in [-0.2, 0) is 20.9 Å². The molecular formula is C26H29ClN4O8. The molecule has 0 bridgehead atoms. The van der Waals surface area contributed by atoms with E-state index >= 15 is 0 Å². The Morgan fingerprint density at radius 1 is 1.13 bits per heavy atom. The van der Waals surface area contributed by atoms with E-state index in [0.29, 0.717) is 5.02 Å². The molecule has 12 nitrogen and oxygen atoms in total. The molecule has 0 radical (unpaired) electrons. The molecule has 0 saturated heterocycles. The second-order valence-electron chi connectivity index (χ2n) is 8.91. The predicted molar refractivity (Wildman–Crippen MR) is 139 cm³/mol.